The fourth-order valence-corrected chi connectivity index (χ4v) is 4.11. The van der Waals surface area contributed by atoms with Crippen molar-refractivity contribution < 1.29 is 5.11 Å². The molecule has 0 radical (unpaired) electrons. The highest BCUT2D eigenvalue weighted by atomic mass is 16.3. The summed E-state index contributed by atoms with van der Waals surface area (Å²) in [6.45, 7) is 2.13. The molecule has 1 N–H and O–H groups in total. The van der Waals surface area contributed by atoms with Crippen molar-refractivity contribution in [1.82, 2.24) is 4.98 Å². The number of nitrogens with zero attached hydrogens (tertiary/aromatic N) is 1. The van der Waals surface area contributed by atoms with E-state index >= 15 is 0 Å². The van der Waals surface area contributed by atoms with E-state index in [0.29, 0.717) is 0 Å². The Labute approximate surface area is 109 Å². The van der Waals surface area contributed by atoms with E-state index in [0.717, 1.165) is 36.3 Å². The lowest BCUT2D eigenvalue weighted by Gasteiger charge is -2.24. The van der Waals surface area contributed by atoms with E-state index in [1.54, 1.807) is 6.20 Å². The lowest BCUT2D eigenvalue weighted by Crippen LogP contribution is -2.15. The van der Waals surface area contributed by atoms with Gasteiger partial charge in [-0.25, -0.2) is 0 Å². The van der Waals surface area contributed by atoms with Crippen molar-refractivity contribution >= 4 is 0 Å². The zero-order chi connectivity index (χ0) is 12.5. The van der Waals surface area contributed by atoms with Gasteiger partial charge in [-0.1, -0.05) is 19.4 Å². The molecule has 18 heavy (non-hydrogen) atoms. The largest absolute Gasteiger partial charge is 0.387 e. The van der Waals surface area contributed by atoms with Gasteiger partial charge < -0.3 is 5.11 Å². The Balaban J connectivity index is 1.69. The Morgan fingerprint density at radius 1 is 1.39 bits per heavy atom. The average molecular weight is 245 g/mol. The first kappa shape index (κ1) is 12.2. The molecule has 2 aliphatic rings. The molecule has 2 nitrogen and oxygen atoms in total. The molecule has 1 heterocycles. The molecule has 2 fully saturated rings. The molecule has 3 rings (SSSR count). The van der Waals surface area contributed by atoms with Gasteiger partial charge in [-0.2, -0.15) is 0 Å². The van der Waals surface area contributed by atoms with Gasteiger partial charge >= 0.3 is 0 Å². The highest BCUT2D eigenvalue weighted by molar-refractivity contribution is 5.21. The summed E-state index contributed by atoms with van der Waals surface area (Å²) in [5.74, 6) is 2.59. The minimum absolute atomic E-state index is 0.356. The number of aromatic nitrogens is 1. The summed E-state index contributed by atoms with van der Waals surface area (Å²) in [5, 5.41) is 10.5. The number of rotatable bonds is 4. The topological polar surface area (TPSA) is 33.1 Å². The van der Waals surface area contributed by atoms with E-state index < -0.39 is 0 Å². The molecule has 2 bridgehead atoms. The number of aryl methyl sites for hydroxylation is 1. The van der Waals surface area contributed by atoms with Gasteiger partial charge in [0.1, 0.15) is 0 Å². The van der Waals surface area contributed by atoms with Crippen LogP contribution in [0, 0.1) is 17.8 Å². The van der Waals surface area contributed by atoms with Gasteiger partial charge in [-0.05, 0) is 61.5 Å². The highest BCUT2D eigenvalue weighted by Gasteiger charge is 2.40. The summed E-state index contributed by atoms with van der Waals surface area (Å²) in [7, 11) is 0. The van der Waals surface area contributed by atoms with Crippen LogP contribution in [0.3, 0.4) is 0 Å². The smallest absolute Gasteiger partial charge is 0.0965 e. The van der Waals surface area contributed by atoms with Crippen molar-refractivity contribution in [2.75, 3.05) is 0 Å². The van der Waals surface area contributed by atoms with E-state index in [-0.39, 0.29) is 6.10 Å². The molecule has 1 aromatic rings. The minimum atomic E-state index is -0.356. The van der Waals surface area contributed by atoms with Gasteiger partial charge in [-0.3, -0.25) is 4.98 Å². The Morgan fingerprint density at radius 2 is 2.28 bits per heavy atom. The van der Waals surface area contributed by atoms with Crippen molar-refractivity contribution in [3.8, 4) is 0 Å². The predicted molar refractivity (Wildman–Crippen MR) is 72.1 cm³/mol. The molecule has 1 aromatic heterocycles. The average Bonchev–Trinajstić information content (AvgIpc) is 3.01. The number of fused-ring (bicyclic) bond motifs is 2. The van der Waals surface area contributed by atoms with Gasteiger partial charge in [0.2, 0.25) is 0 Å². The van der Waals surface area contributed by atoms with Crippen LogP contribution in [0.2, 0.25) is 0 Å². The van der Waals surface area contributed by atoms with Gasteiger partial charge in [-0.15, -0.1) is 0 Å². The first-order valence-corrected chi connectivity index (χ1v) is 7.39. The number of hydrogen-bond donors (Lipinski definition) is 1. The molecule has 0 aromatic carbocycles. The van der Waals surface area contributed by atoms with Crippen LogP contribution in [0.25, 0.3) is 0 Å². The van der Waals surface area contributed by atoms with Crippen LogP contribution in [0.15, 0.2) is 18.3 Å². The molecule has 2 heteroatoms. The van der Waals surface area contributed by atoms with Crippen molar-refractivity contribution in [3.63, 3.8) is 0 Å². The van der Waals surface area contributed by atoms with Gasteiger partial charge in [0.15, 0.2) is 0 Å². The molecule has 0 amide bonds. The maximum Gasteiger partial charge on any atom is 0.0965 e. The van der Waals surface area contributed by atoms with Crippen LogP contribution in [-0.2, 0) is 6.42 Å². The molecule has 2 saturated carbocycles. The Bertz CT molecular complexity index is 417. The molecule has 2 aliphatic carbocycles. The zero-order valence-electron chi connectivity index (χ0n) is 11.2. The zero-order valence-corrected chi connectivity index (χ0v) is 11.2. The number of hydrogen-bond acceptors (Lipinski definition) is 2. The second-order valence-corrected chi connectivity index (χ2v) is 6.09. The second kappa shape index (κ2) is 5.00. The van der Waals surface area contributed by atoms with Crippen LogP contribution in [0.5, 0.6) is 0 Å². The maximum absolute atomic E-state index is 10.5. The second-order valence-electron chi connectivity index (χ2n) is 6.09. The Kier molecular flexibility index (Phi) is 3.38. The third kappa shape index (κ3) is 2.18. The predicted octanol–water partition coefficient (Wildman–Crippen LogP) is 3.50. The fraction of sp³-hybridized carbons (Fsp3) is 0.688. The van der Waals surface area contributed by atoms with E-state index in [9.17, 15) is 5.11 Å². The maximum atomic E-state index is 10.5. The van der Waals surface area contributed by atoms with Crippen LogP contribution in [0.4, 0.5) is 0 Å². The van der Waals surface area contributed by atoms with E-state index in [1.807, 2.05) is 6.07 Å². The first-order valence-electron chi connectivity index (χ1n) is 7.39. The highest BCUT2D eigenvalue weighted by Crippen LogP contribution is 2.50. The van der Waals surface area contributed by atoms with Crippen LogP contribution in [0.1, 0.15) is 56.4 Å². The minimum Gasteiger partial charge on any atom is -0.387 e. The third-order valence-corrected chi connectivity index (χ3v) is 5.03. The number of pyridine rings is 1. The van der Waals surface area contributed by atoms with Crippen LogP contribution in [-0.4, -0.2) is 10.1 Å². The normalized spacial score (nSPS) is 31.8. The summed E-state index contributed by atoms with van der Waals surface area (Å²) in [6.07, 6.45) is 8.91. The van der Waals surface area contributed by atoms with E-state index in [1.165, 1.54) is 31.2 Å². The molecular formula is C16H23NO. The van der Waals surface area contributed by atoms with Gasteiger partial charge in [0, 0.05) is 6.20 Å². The Hall–Kier alpha value is -0.890. The summed E-state index contributed by atoms with van der Waals surface area (Å²) in [4.78, 5) is 4.40. The lowest BCUT2D eigenvalue weighted by molar-refractivity contribution is 0.121. The van der Waals surface area contributed by atoms with Crippen molar-refractivity contribution in [2.24, 2.45) is 17.8 Å². The molecule has 4 atom stereocenters. The van der Waals surface area contributed by atoms with Gasteiger partial charge in [0.05, 0.1) is 11.8 Å². The van der Waals surface area contributed by atoms with Crippen molar-refractivity contribution in [1.29, 1.82) is 0 Å². The summed E-state index contributed by atoms with van der Waals surface area (Å²) in [5.41, 5.74) is 2.12. The fourth-order valence-electron chi connectivity index (χ4n) is 4.11. The molecule has 0 aliphatic heterocycles. The molecule has 0 saturated heterocycles. The monoisotopic (exact) mass is 245 g/mol. The molecule has 98 valence electrons. The standard InChI is InChI=1S/C16H23NO/c1-2-12-4-3-7-17-16(12)15(18)10-14-9-11-5-6-13(14)8-11/h3-4,7,11,13-15,18H,2,5-6,8-10H2,1H3. The molecular weight excluding hydrogens is 222 g/mol. The third-order valence-electron chi connectivity index (χ3n) is 5.03. The SMILES string of the molecule is CCc1cccnc1C(O)CC1CC2CCC1C2. The summed E-state index contributed by atoms with van der Waals surface area (Å²) >= 11 is 0. The summed E-state index contributed by atoms with van der Waals surface area (Å²) < 4.78 is 0. The van der Waals surface area contributed by atoms with Gasteiger partial charge in [0.25, 0.3) is 0 Å². The molecule has 4 unspecified atom stereocenters. The van der Waals surface area contributed by atoms with Crippen LogP contribution >= 0.6 is 0 Å². The number of aliphatic hydroxyl groups is 1. The van der Waals surface area contributed by atoms with E-state index in [2.05, 4.69) is 18.0 Å². The van der Waals surface area contributed by atoms with Crippen molar-refractivity contribution in [2.45, 2.75) is 51.6 Å². The molecule has 0 spiro atoms. The van der Waals surface area contributed by atoms with Crippen LogP contribution < -0.4 is 0 Å². The summed E-state index contributed by atoms with van der Waals surface area (Å²) in [6, 6.07) is 4.05. The van der Waals surface area contributed by atoms with E-state index in [4.69, 9.17) is 0 Å². The number of aliphatic hydroxyl groups excluding tert-OH is 1. The Morgan fingerprint density at radius 3 is 2.94 bits per heavy atom. The quantitative estimate of drug-likeness (QED) is 0.880. The van der Waals surface area contributed by atoms with Crippen molar-refractivity contribution in [3.05, 3.63) is 29.6 Å². The first-order chi connectivity index (χ1) is 8.78. The lowest BCUT2D eigenvalue weighted by atomic mass is 9.84.